The molecule has 3 rings (SSSR count). The smallest absolute Gasteiger partial charge is 0.247 e. The van der Waals surface area contributed by atoms with E-state index in [-0.39, 0.29) is 35.6 Å². The molecule has 9 heteroatoms. The van der Waals surface area contributed by atoms with Crippen LogP contribution in [0.15, 0.2) is 23.1 Å². The minimum absolute atomic E-state index is 0.0381. The van der Waals surface area contributed by atoms with E-state index in [4.69, 9.17) is 14.2 Å². The van der Waals surface area contributed by atoms with E-state index in [1.54, 1.807) is 12.1 Å². The molecule has 1 saturated heterocycles. The van der Waals surface area contributed by atoms with E-state index in [9.17, 15) is 13.2 Å². The summed E-state index contributed by atoms with van der Waals surface area (Å²) in [4.78, 5) is 12.7. The van der Waals surface area contributed by atoms with Gasteiger partial charge in [-0.05, 0) is 25.0 Å². The molecule has 1 aliphatic heterocycles. The number of ether oxygens (including phenoxy) is 3. The maximum Gasteiger partial charge on any atom is 0.247 e. The van der Waals surface area contributed by atoms with Crippen molar-refractivity contribution in [2.45, 2.75) is 36.6 Å². The Kier molecular flexibility index (Phi) is 6.79. The molecule has 1 heterocycles. The lowest BCUT2D eigenvalue weighted by atomic mass is 9.83. The van der Waals surface area contributed by atoms with Crippen LogP contribution in [0.4, 0.5) is 0 Å². The van der Waals surface area contributed by atoms with Crippen LogP contribution >= 0.6 is 0 Å². The number of nitrogens with zero attached hydrogens (tertiary/aromatic N) is 1. The average Bonchev–Trinajstić information content (AvgIpc) is 2.72. The van der Waals surface area contributed by atoms with Crippen molar-refractivity contribution in [1.29, 1.82) is 0 Å². The predicted molar refractivity (Wildman–Crippen MR) is 103 cm³/mol. The number of hydrogen-bond donors (Lipinski definition) is 1. The number of methoxy groups -OCH3 is 2. The molecule has 0 radical (unpaired) electrons. The second-order valence-corrected chi connectivity index (χ2v) is 8.85. The van der Waals surface area contributed by atoms with E-state index < -0.39 is 16.1 Å². The molecule has 0 bridgehead atoms. The van der Waals surface area contributed by atoms with Gasteiger partial charge in [-0.3, -0.25) is 4.79 Å². The largest absolute Gasteiger partial charge is 0.497 e. The van der Waals surface area contributed by atoms with Crippen LogP contribution < -0.4 is 14.8 Å². The number of carbonyl (C=O) groups is 1. The fourth-order valence-corrected chi connectivity index (χ4v) is 5.82. The van der Waals surface area contributed by atoms with Gasteiger partial charge in [0.05, 0.1) is 33.4 Å². The molecular weight excluding hydrogens is 384 g/mol. The highest BCUT2D eigenvalue weighted by atomic mass is 32.2. The fraction of sp³-hybridized carbons (Fsp3) is 0.632. The van der Waals surface area contributed by atoms with E-state index in [1.807, 2.05) is 0 Å². The molecule has 2 aliphatic rings. The van der Waals surface area contributed by atoms with Gasteiger partial charge in [0.25, 0.3) is 0 Å². The molecule has 1 amide bonds. The first-order valence-electron chi connectivity index (χ1n) is 9.58. The molecule has 1 N–H and O–H groups in total. The standard InChI is InChI=1S/C19H28N2O6S/c1-25-14-7-8-17(26-2)18(13-14)28(23,24)21-10-12-27-11-9-20-19(22)15-5-3-4-6-16(15)21/h7-8,13,15-16H,3-6,9-12H2,1-2H3,(H,20,22). The van der Waals surface area contributed by atoms with Gasteiger partial charge in [-0.1, -0.05) is 12.8 Å². The highest BCUT2D eigenvalue weighted by molar-refractivity contribution is 7.89. The van der Waals surface area contributed by atoms with Gasteiger partial charge in [-0.25, -0.2) is 8.42 Å². The Balaban J connectivity index is 2.04. The van der Waals surface area contributed by atoms with Gasteiger partial charge in [-0.2, -0.15) is 4.31 Å². The summed E-state index contributed by atoms with van der Waals surface area (Å²) in [5.74, 6) is 0.205. The number of sulfonamides is 1. The zero-order chi connectivity index (χ0) is 20.1. The predicted octanol–water partition coefficient (Wildman–Crippen LogP) is 1.40. The Morgan fingerprint density at radius 2 is 1.93 bits per heavy atom. The molecule has 2 atom stereocenters. The Hall–Kier alpha value is -1.84. The van der Waals surface area contributed by atoms with Crippen molar-refractivity contribution in [3.8, 4) is 11.5 Å². The second-order valence-electron chi connectivity index (χ2n) is 6.99. The van der Waals surface area contributed by atoms with Crippen molar-refractivity contribution in [2.24, 2.45) is 5.92 Å². The molecule has 1 aromatic carbocycles. The Morgan fingerprint density at radius 1 is 1.14 bits per heavy atom. The minimum atomic E-state index is -3.93. The first-order valence-corrected chi connectivity index (χ1v) is 11.0. The third-order valence-electron chi connectivity index (χ3n) is 5.40. The number of fused-ring (bicyclic) bond motifs is 1. The fourth-order valence-electron chi connectivity index (χ4n) is 3.97. The van der Waals surface area contributed by atoms with Gasteiger partial charge in [0.15, 0.2) is 0 Å². The van der Waals surface area contributed by atoms with Crippen molar-refractivity contribution >= 4 is 15.9 Å². The molecule has 1 saturated carbocycles. The number of amides is 1. The highest BCUT2D eigenvalue weighted by Crippen LogP contribution is 2.36. The van der Waals surface area contributed by atoms with Gasteiger partial charge < -0.3 is 19.5 Å². The Morgan fingerprint density at radius 3 is 2.68 bits per heavy atom. The maximum absolute atomic E-state index is 13.7. The number of benzene rings is 1. The van der Waals surface area contributed by atoms with Crippen LogP contribution in [-0.2, 0) is 19.6 Å². The van der Waals surface area contributed by atoms with Crippen LogP contribution in [0.5, 0.6) is 11.5 Å². The molecule has 1 aromatic rings. The first-order chi connectivity index (χ1) is 13.5. The minimum Gasteiger partial charge on any atom is -0.497 e. The molecule has 0 aromatic heterocycles. The van der Waals surface area contributed by atoms with Crippen molar-refractivity contribution in [3.63, 3.8) is 0 Å². The van der Waals surface area contributed by atoms with E-state index >= 15 is 0 Å². The zero-order valence-electron chi connectivity index (χ0n) is 16.3. The van der Waals surface area contributed by atoms with Crippen LogP contribution in [0.2, 0.25) is 0 Å². The number of nitrogens with one attached hydrogen (secondary N) is 1. The van der Waals surface area contributed by atoms with Crippen LogP contribution in [-0.4, -0.2) is 65.2 Å². The van der Waals surface area contributed by atoms with Crippen LogP contribution in [0, 0.1) is 5.92 Å². The van der Waals surface area contributed by atoms with Crippen LogP contribution in [0.3, 0.4) is 0 Å². The number of carbonyl (C=O) groups excluding carboxylic acids is 1. The van der Waals surface area contributed by atoms with Gasteiger partial charge in [0.2, 0.25) is 15.9 Å². The monoisotopic (exact) mass is 412 g/mol. The first kappa shape index (κ1) is 20.9. The zero-order valence-corrected chi connectivity index (χ0v) is 17.2. The maximum atomic E-state index is 13.7. The van der Waals surface area contributed by atoms with Crippen LogP contribution in [0.1, 0.15) is 25.7 Å². The lowest BCUT2D eigenvalue weighted by Crippen LogP contribution is -2.52. The molecule has 1 aliphatic carbocycles. The van der Waals surface area contributed by atoms with E-state index in [0.29, 0.717) is 31.7 Å². The summed E-state index contributed by atoms with van der Waals surface area (Å²) in [7, 11) is -1.01. The van der Waals surface area contributed by atoms with Crippen molar-refractivity contribution in [1.82, 2.24) is 9.62 Å². The van der Waals surface area contributed by atoms with E-state index in [2.05, 4.69) is 5.32 Å². The molecule has 156 valence electrons. The third kappa shape index (κ3) is 4.26. The summed E-state index contributed by atoms with van der Waals surface area (Å²) in [6, 6.07) is 4.29. The summed E-state index contributed by atoms with van der Waals surface area (Å²) in [5, 5.41) is 2.87. The lowest BCUT2D eigenvalue weighted by Gasteiger charge is -2.39. The summed E-state index contributed by atoms with van der Waals surface area (Å²) in [6.07, 6.45) is 3.13. The molecule has 0 spiro atoms. The lowest BCUT2D eigenvalue weighted by molar-refractivity contribution is -0.128. The topological polar surface area (TPSA) is 94.2 Å². The van der Waals surface area contributed by atoms with Crippen molar-refractivity contribution < 1.29 is 27.4 Å². The van der Waals surface area contributed by atoms with Crippen LogP contribution in [0.25, 0.3) is 0 Å². The van der Waals surface area contributed by atoms with E-state index in [1.165, 1.54) is 24.6 Å². The van der Waals surface area contributed by atoms with Gasteiger partial charge in [0.1, 0.15) is 16.4 Å². The van der Waals surface area contributed by atoms with Gasteiger partial charge in [-0.15, -0.1) is 0 Å². The third-order valence-corrected chi connectivity index (χ3v) is 7.34. The molecule has 2 fully saturated rings. The SMILES string of the molecule is COc1ccc(OC)c(S(=O)(=O)N2CCOCCNC(=O)C3CCCCC32)c1. The average molecular weight is 413 g/mol. The summed E-state index contributed by atoms with van der Waals surface area (Å²) >= 11 is 0. The Bertz CT molecular complexity index is 798. The highest BCUT2D eigenvalue weighted by Gasteiger charge is 2.41. The van der Waals surface area contributed by atoms with E-state index in [0.717, 1.165) is 12.8 Å². The number of rotatable bonds is 4. The molecule has 28 heavy (non-hydrogen) atoms. The summed E-state index contributed by atoms with van der Waals surface area (Å²) < 4.78 is 44.8. The molecular formula is C19H28N2O6S. The van der Waals surface area contributed by atoms with Crippen molar-refractivity contribution in [3.05, 3.63) is 18.2 Å². The molecule has 2 unspecified atom stereocenters. The van der Waals surface area contributed by atoms with Gasteiger partial charge in [0, 0.05) is 25.2 Å². The normalized spacial score (nSPS) is 24.7. The second kappa shape index (κ2) is 9.11. The summed E-state index contributed by atoms with van der Waals surface area (Å²) in [6.45, 7) is 1.26. The quantitative estimate of drug-likeness (QED) is 0.803. The number of hydrogen-bond acceptors (Lipinski definition) is 6. The Labute approximate surface area is 166 Å². The molecule has 8 nitrogen and oxygen atoms in total. The summed E-state index contributed by atoms with van der Waals surface area (Å²) in [5.41, 5.74) is 0. The van der Waals surface area contributed by atoms with Crippen molar-refractivity contribution in [2.75, 3.05) is 40.5 Å². The van der Waals surface area contributed by atoms with Gasteiger partial charge >= 0.3 is 0 Å².